The standard InChI is InChI=1S/C14H9Cl3F3NO3S/c15-8-4-11(17)13(22)12(5-8)25(23,24)21-6-7-1-2-10(16)9(3-7)14(18,19)20/h1-5,21-22H,6H2. The summed E-state index contributed by atoms with van der Waals surface area (Å²) in [6.45, 7) is -0.466. The van der Waals surface area contributed by atoms with Gasteiger partial charge in [-0.05, 0) is 29.8 Å². The SMILES string of the molecule is O=S(=O)(NCc1ccc(Cl)c(C(F)(F)F)c1)c1cc(Cl)cc(Cl)c1O. The summed E-state index contributed by atoms with van der Waals surface area (Å²) in [5.74, 6) is -0.717. The van der Waals surface area contributed by atoms with Gasteiger partial charge in [0, 0.05) is 11.6 Å². The zero-order valence-corrected chi connectivity index (χ0v) is 15.1. The number of alkyl halides is 3. The highest BCUT2D eigenvalue weighted by Gasteiger charge is 2.33. The summed E-state index contributed by atoms with van der Waals surface area (Å²) in [5, 5.41) is 8.95. The zero-order chi connectivity index (χ0) is 19.0. The summed E-state index contributed by atoms with van der Waals surface area (Å²) in [4.78, 5) is -0.588. The normalized spacial score (nSPS) is 12.4. The van der Waals surface area contributed by atoms with Crippen molar-refractivity contribution in [3.05, 3.63) is 56.5 Å². The number of sulfonamides is 1. The van der Waals surface area contributed by atoms with E-state index in [1.165, 1.54) is 6.07 Å². The van der Waals surface area contributed by atoms with Crippen LogP contribution in [-0.2, 0) is 22.7 Å². The molecule has 0 radical (unpaired) electrons. The molecule has 0 spiro atoms. The van der Waals surface area contributed by atoms with E-state index in [9.17, 15) is 26.7 Å². The molecule has 0 amide bonds. The highest BCUT2D eigenvalue weighted by atomic mass is 35.5. The highest BCUT2D eigenvalue weighted by Crippen LogP contribution is 2.36. The maximum absolute atomic E-state index is 12.8. The maximum Gasteiger partial charge on any atom is 0.417 e. The summed E-state index contributed by atoms with van der Waals surface area (Å²) >= 11 is 16.9. The molecule has 0 saturated heterocycles. The van der Waals surface area contributed by atoms with Crippen LogP contribution in [0.2, 0.25) is 15.1 Å². The smallest absolute Gasteiger partial charge is 0.417 e. The lowest BCUT2D eigenvalue weighted by molar-refractivity contribution is -0.137. The number of halogens is 6. The van der Waals surface area contributed by atoms with Crippen LogP contribution in [0.3, 0.4) is 0 Å². The van der Waals surface area contributed by atoms with Crippen LogP contribution in [-0.4, -0.2) is 13.5 Å². The maximum atomic E-state index is 12.8. The van der Waals surface area contributed by atoms with E-state index in [4.69, 9.17) is 34.8 Å². The minimum atomic E-state index is -4.68. The Bertz CT molecular complexity index is 918. The van der Waals surface area contributed by atoms with E-state index in [0.717, 1.165) is 24.3 Å². The summed E-state index contributed by atoms with van der Waals surface area (Å²) in [6.07, 6.45) is -4.68. The predicted octanol–water partition coefficient (Wildman–Crippen LogP) is 4.85. The molecule has 0 aliphatic rings. The molecule has 2 rings (SSSR count). The number of hydrogen-bond acceptors (Lipinski definition) is 3. The average Bonchev–Trinajstić information content (AvgIpc) is 2.48. The van der Waals surface area contributed by atoms with Gasteiger partial charge in [-0.1, -0.05) is 40.9 Å². The van der Waals surface area contributed by atoms with Crippen molar-refractivity contribution >= 4 is 44.8 Å². The molecule has 0 heterocycles. The third-order valence-corrected chi connectivity index (χ3v) is 5.34. The fourth-order valence-corrected chi connectivity index (χ4v) is 3.90. The Morgan fingerprint density at radius 1 is 1.04 bits per heavy atom. The van der Waals surface area contributed by atoms with Crippen molar-refractivity contribution in [1.29, 1.82) is 0 Å². The minimum absolute atomic E-state index is 0.0212. The molecule has 2 N–H and O–H groups in total. The third kappa shape index (κ3) is 4.71. The van der Waals surface area contributed by atoms with Gasteiger partial charge in [-0.15, -0.1) is 0 Å². The van der Waals surface area contributed by atoms with Crippen molar-refractivity contribution in [3.8, 4) is 5.75 Å². The first kappa shape index (κ1) is 20.1. The van der Waals surface area contributed by atoms with Crippen LogP contribution in [0.1, 0.15) is 11.1 Å². The molecule has 0 bridgehead atoms. The van der Waals surface area contributed by atoms with Crippen LogP contribution < -0.4 is 4.72 Å². The summed E-state index contributed by atoms with van der Waals surface area (Å²) in [7, 11) is -4.28. The second-order valence-corrected chi connectivity index (χ2v) is 7.86. The number of phenols is 1. The van der Waals surface area contributed by atoms with Crippen molar-refractivity contribution in [1.82, 2.24) is 4.72 Å². The molecule has 4 nitrogen and oxygen atoms in total. The molecule has 0 saturated carbocycles. The van der Waals surface area contributed by atoms with E-state index in [-0.39, 0.29) is 15.6 Å². The van der Waals surface area contributed by atoms with Gasteiger partial charge in [0.15, 0.2) is 5.75 Å². The van der Waals surface area contributed by atoms with Gasteiger partial charge in [0.05, 0.1) is 15.6 Å². The molecule has 0 aliphatic heterocycles. The lowest BCUT2D eigenvalue weighted by Gasteiger charge is -2.13. The first-order valence-electron chi connectivity index (χ1n) is 6.45. The topological polar surface area (TPSA) is 66.4 Å². The number of phenolic OH excluding ortho intramolecular Hbond substituents is 1. The summed E-state index contributed by atoms with van der Waals surface area (Å²) < 4.78 is 65.0. The Morgan fingerprint density at radius 3 is 2.28 bits per heavy atom. The first-order valence-corrected chi connectivity index (χ1v) is 9.07. The molecule has 0 unspecified atom stereocenters. The van der Waals surface area contributed by atoms with E-state index >= 15 is 0 Å². The largest absolute Gasteiger partial charge is 0.505 e. The number of benzene rings is 2. The van der Waals surface area contributed by atoms with E-state index in [0.29, 0.717) is 0 Å². The van der Waals surface area contributed by atoms with Crippen molar-refractivity contribution in [2.75, 3.05) is 0 Å². The van der Waals surface area contributed by atoms with Crippen LogP contribution in [0.15, 0.2) is 35.2 Å². The van der Waals surface area contributed by atoms with Crippen LogP contribution in [0.4, 0.5) is 13.2 Å². The predicted molar refractivity (Wildman–Crippen MR) is 88.6 cm³/mol. The second kappa shape index (κ2) is 7.20. The molecule has 0 aromatic heterocycles. The van der Waals surface area contributed by atoms with Gasteiger partial charge in [-0.3, -0.25) is 0 Å². The van der Waals surface area contributed by atoms with Crippen LogP contribution >= 0.6 is 34.8 Å². The van der Waals surface area contributed by atoms with Crippen molar-refractivity contribution in [2.45, 2.75) is 17.6 Å². The monoisotopic (exact) mass is 433 g/mol. The molecule has 11 heteroatoms. The van der Waals surface area contributed by atoms with E-state index < -0.39 is 44.0 Å². The van der Waals surface area contributed by atoms with Crippen molar-refractivity contribution < 1.29 is 26.7 Å². The Labute approximate surface area is 156 Å². The molecular formula is C14H9Cl3F3NO3S. The molecular weight excluding hydrogens is 426 g/mol. The van der Waals surface area contributed by atoms with Crippen molar-refractivity contribution in [3.63, 3.8) is 0 Å². The molecule has 2 aromatic rings. The number of aromatic hydroxyl groups is 1. The molecule has 136 valence electrons. The summed E-state index contributed by atoms with van der Waals surface area (Å²) in [6, 6.07) is 5.10. The molecule has 25 heavy (non-hydrogen) atoms. The van der Waals surface area contributed by atoms with Gasteiger partial charge in [0.1, 0.15) is 4.90 Å². The fourth-order valence-electron chi connectivity index (χ4n) is 1.90. The Morgan fingerprint density at radius 2 is 1.68 bits per heavy atom. The molecule has 0 aliphatic carbocycles. The van der Waals surface area contributed by atoms with Crippen LogP contribution in [0.25, 0.3) is 0 Å². The zero-order valence-electron chi connectivity index (χ0n) is 12.0. The lowest BCUT2D eigenvalue weighted by Crippen LogP contribution is -2.23. The van der Waals surface area contributed by atoms with E-state index in [1.807, 2.05) is 0 Å². The van der Waals surface area contributed by atoms with E-state index in [2.05, 4.69) is 4.72 Å². The van der Waals surface area contributed by atoms with E-state index in [1.54, 1.807) is 0 Å². The van der Waals surface area contributed by atoms with Gasteiger partial charge < -0.3 is 5.11 Å². The van der Waals surface area contributed by atoms with Crippen molar-refractivity contribution in [2.24, 2.45) is 0 Å². The number of rotatable bonds is 4. The van der Waals surface area contributed by atoms with Crippen LogP contribution in [0.5, 0.6) is 5.75 Å². The first-order chi connectivity index (χ1) is 11.4. The molecule has 0 atom stereocenters. The molecule has 0 fully saturated rings. The van der Waals surface area contributed by atoms with Crippen LogP contribution in [0, 0.1) is 0 Å². The Hall–Kier alpha value is -1.19. The fraction of sp³-hybridized carbons (Fsp3) is 0.143. The average molecular weight is 435 g/mol. The quantitative estimate of drug-likeness (QED) is 0.723. The molecule has 2 aromatic carbocycles. The van der Waals surface area contributed by atoms with Gasteiger partial charge >= 0.3 is 6.18 Å². The van der Waals surface area contributed by atoms with Gasteiger partial charge in [0.2, 0.25) is 10.0 Å². The highest BCUT2D eigenvalue weighted by molar-refractivity contribution is 7.89. The lowest BCUT2D eigenvalue weighted by atomic mass is 10.1. The summed E-state index contributed by atoms with van der Waals surface area (Å²) in [5.41, 5.74) is -1.06. The minimum Gasteiger partial charge on any atom is -0.505 e. The van der Waals surface area contributed by atoms with Gasteiger partial charge in [-0.2, -0.15) is 13.2 Å². The number of hydrogen-bond donors (Lipinski definition) is 2. The second-order valence-electron chi connectivity index (χ2n) is 4.87. The van der Waals surface area contributed by atoms with Gasteiger partial charge in [-0.25, -0.2) is 13.1 Å². The Balaban J connectivity index is 2.30. The Kier molecular flexibility index (Phi) is 5.80. The third-order valence-electron chi connectivity index (χ3n) is 3.09. The number of nitrogens with one attached hydrogen (secondary N) is 1. The van der Waals surface area contributed by atoms with Gasteiger partial charge in [0.25, 0.3) is 0 Å².